The number of rotatable bonds is 3. The molecule has 28 heavy (non-hydrogen) atoms. The summed E-state index contributed by atoms with van der Waals surface area (Å²) in [6.45, 7) is 0. The summed E-state index contributed by atoms with van der Waals surface area (Å²) in [5.41, 5.74) is 1.72. The number of aromatic nitrogens is 3. The lowest BCUT2D eigenvalue weighted by Crippen LogP contribution is -2.37. The molecule has 2 aromatic heterocycles. The highest BCUT2D eigenvalue weighted by atomic mass is 35.5. The molecule has 0 saturated heterocycles. The fourth-order valence-corrected chi connectivity index (χ4v) is 4.04. The lowest BCUT2D eigenvalue weighted by molar-refractivity contribution is 0.0932. The van der Waals surface area contributed by atoms with E-state index in [1.165, 1.54) is 19.0 Å². The second-order valence-electron chi connectivity index (χ2n) is 7.40. The van der Waals surface area contributed by atoms with Crippen molar-refractivity contribution in [3.63, 3.8) is 0 Å². The molecule has 146 valence electrons. The van der Waals surface area contributed by atoms with E-state index in [0.717, 1.165) is 31.2 Å². The van der Waals surface area contributed by atoms with Crippen LogP contribution >= 0.6 is 11.6 Å². The predicted molar refractivity (Wildman–Crippen MR) is 111 cm³/mol. The zero-order valence-electron chi connectivity index (χ0n) is 15.8. The van der Waals surface area contributed by atoms with Gasteiger partial charge in [-0.3, -0.25) is 14.3 Å². The smallest absolute Gasteiger partial charge is 0.256 e. The number of benzene rings is 1. The van der Waals surface area contributed by atoms with Crippen LogP contribution in [-0.4, -0.2) is 26.7 Å². The standard InChI is InChI=1S/C21H23ClN4O2/c1-26-20-17(18(25-26)13-8-10-14(22)11-9-13)19(27)16(12-23-20)21(28)24-15-6-4-2-3-5-7-15/h8-12,15H,2-7H2,1H3,(H,23,27)(H,24,28). The van der Waals surface area contributed by atoms with Crippen molar-refractivity contribution in [2.45, 2.75) is 44.6 Å². The number of carbonyl (C=O) groups excluding carboxylic acids is 1. The number of carbonyl (C=O) groups is 1. The van der Waals surface area contributed by atoms with E-state index in [4.69, 9.17) is 11.6 Å². The van der Waals surface area contributed by atoms with Gasteiger partial charge in [0.05, 0.1) is 5.39 Å². The Bertz CT molecular complexity index is 1060. The highest BCUT2D eigenvalue weighted by Crippen LogP contribution is 2.26. The van der Waals surface area contributed by atoms with Gasteiger partial charge in [0.1, 0.15) is 16.9 Å². The number of amides is 1. The lowest BCUT2D eigenvalue weighted by atomic mass is 10.1. The van der Waals surface area contributed by atoms with Crippen molar-refractivity contribution in [3.05, 3.63) is 51.3 Å². The maximum atomic E-state index is 13.2. The SMILES string of the molecule is Cn1nc(-c2ccc(Cl)cc2)c2c(=O)c(C(=O)NC3CCCCCC3)c[nH]c21. The summed E-state index contributed by atoms with van der Waals surface area (Å²) in [6.07, 6.45) is 8.07. The zero-order chi connectivity index (χ0) is 19.7. The summed E-state index contributed by atoms with van der Waals surface area (Å²) in [6, 6.07) is 7.29. The number of hydrogen-bond acceptors (Lipinski definition) is 3. The lowest BCUT2D eigenvalue weighted by Gasteiger charge is -2.15. The number of aryl methyl sites for hydroxylation is 1. The number of nitrogens with one attached hydrogen (secondary N) is 2. The van der Waals surface area contributed by atoms with Crippen molar-refractivity contribution < 1.29 is 4.79 Å². The number of aromatic amines is 1. The van der Waals surface area contributed by atoms with Gasteiger partial charge in [-0.2, -0.15) is 5.10 Å². The number of H-pyrrole nitrogens is 1. The van der Waals surface area contributed by atoms with E-state index in [9.17, 15) is 9.59 Å². The van der Waals surface area contributed by atoms with E-state index in [0.29, 0.717) is 21.7 Å². The topological polar surface area (TPSA) is 79.8 Å². The Kier molecular flexibility index (Phi) is 5.22. The fraction of sp³-hybridized carbons (Fsp3) is 0.381. The third-order valence-electron chi connectivity index (χ3n) is 5.42. The number of pyridine rings is 1. The normalized spacial score (nSPS) is 15.5. The molecule has 1 fully saturated rings. The van der Waals surface area contributed by atoms with Gasteiger partial charge in [-0.1, -0.05) is 49.4 Å². The fourth-order valence-electron chi connectivity index (χ4n) is 3.91. The molecular weight excluding hydrogens is 376 g/mol. The number of hydrogen-bond donors (Lipinski definition) is 2. The second-order valence-corrected chi connectivity index (χ2v) is 7.83. The van der Waals surface area contributed by atoms with Crippen LogP contribution in [0, 0.1) is 0 Å². The van der Waals surface area contributed by atoms with Gasteiger partial charge in [0.15, 0.2) is 0 Å². The van der Waals surface area contributed by atoms with Crippen LogP contribution in [0.2, 0.25) is 5.02 Å². The molecule has 0 atom stereocenters. The van der Waals surface area contributed by atoms with Crippen LogP contribution in [0.5, 0.6) is 0 Å². The first-order valence-electron chi connectivity index (χ1n) is 9.70. The summed E-state index contributed by atoms with van der Waals surface area (Å²) in [5, 5.41) is 8.57. The van der Waals surface area contributed by atoms with Gasteiger partial charge >= 0.3 is 0 Å². The van der Waals surface area contributed by atoms with Gasteiger partial charge in [-0.05, 0) is 25.0 Å². The molecule has 1 aliphatic rings. The molecule has 3 aromatic rings. The Morgan fingerprint density at radius 1 is 1.18 bits per heavy atom. The van der Waals surface area contributed by atoms with Crippen LogP contribution in [0.4, 0.5) is 0 Å². The molecule has 7 heteroatoms. The average Bonchev–Trinajstić information content (AvgIpc) is 2.85. The molecule has 2 heterocycles. The quantitative estimate of drug-likeness (QED) is 0.653. The molecule has 0 bridgehead atoms. The van der Waals surface area contributed by atoms with Gasteiger partial charge < -0.3 is 10.3 Å². The summed E-state index contributed by atoms with van der Waals surface area (Å²) in [5.74, 6) is -0.319. The van der Waals surface area contributed by atoms with Crippen LogP contribution in [0.1, 0.15) is 48.9 Å². The third-order valence-corrected chi connectivity index (χ3v) is 5.68. The predicted octanol–water partition coefficient (Wildman–Crippen LogP) is 4.03. The Morgan fingerprint density at radius 3 is 2.54 bits per heavy atom. The van der Waals surface area contributed by atoms with E-state index in [2.05, 4.69) is 15.4 Å². The van der Waals surface area contributed by atoms with E-state index in [1.54, 1.807) is 23.9 Å². The number of nitrogens with zero attached hydrogens (tertiary/aromatic N) is 2. The minimum Gasteiger partial charge on any atom is -0.349 e. The second kappa shape index (κ2) is 7.80. The highest BCUT2D eigenvalue weighted by Gasteiger charge is 2.22. The van der Waals surface area contributed by atoms with Gasteiger partial charge in [-0.15, -0.1) is 0 Å². The summed E-state index contributed by atoms with van der Waals surface area (Å²) >= 11 is 5.98. The van der Waals surface area contributed by atoms with Crippen molar-refractivity contribution in [2.24, 2.45) is 7.05 Å². The highest BCUT2D eigenvalue weighted by molar-refractivity contribution is 6.30. The van der Waals surface area contributed by atoms with Gasteiger partial charge in [-0.25, -0.2) is 0 Å². The van der Waals surface area contributed by atoms with Crippen molar-refractivity contribution in [3.8, 4) is 11.3 Å². The van der Waals surface area contributed by atoms with E-state index < -0.39 is 0 Å². The summed E-state index contributed by atoms with van der Waals surface area (Å²) in [7, 11) is 1.77. The zero-order valence-corrected chi connectivity index (χ0v) is 16.6. The first-order chi connectivity index (χ1) is 13.5. The largest absolute Gasteiger partial charge is 0.349 e. The first kappa shape index (κ1) is 18.7. The summed E-state index contributed by atoms with van der Waals surface area (Å²) < 4.78 is 1.62. The van der Waals surface area contributed by atoms with Crippen LogP contribution in [0.25, 0.3) is 22.3 Å². The average molecular weight is 399 g/mol. The Morgan fingerprint density at radius 2 is 1.86 bits per heavy atom. The molecule has 1 aliphatic carbocycles. The Balaban J connectivity index is 1.73. The summed E-state index contributed by atoms with van der Waals surface area (Å²) in [4.78, 5) is 29.1. The first-order valence-corrected chi connectivity index (χ1v) is 10.1. The van der Waals surface area contributed by atoms with Crippen molar-refractivity contribution in [2.75, 3.05) is 0 Å². The molecule has 1 amide bonds. The van der Waals surface area contributed by atoms with Gasteiger partial charge in [0.2, 0.25) is 5.43 Å². The van der Waals surface area contributed by atoms with Crippen LogP contribution in [0.3, 0.4) is 0 Å². The Labute approximate surface area is 167 Å². The molecule has 2 N–H and O–H groups in total. The number of fused-ring (bicyclic) bond motifs is 1. The number of halogens is 1. The van der Waals surface area contributed by atoms with E-state index in [1.807, 2.05) is 12.1 Å². The molecule has 0 aliphatic heterocycles. The molecule has 4 rings (SSSR count). The van der Waals surface area contributed by atoms with Crippen LogP contribution < -0.4 is 10.7 Å². The Hall–Kier alpha value is -2.60. The van der Waals surface area contributed by atoms with Crippen molar-refractivity contribution >= 4 is 28.5 Å². The van der Waals surface area contributed by atoms with Crippen molar-refractivity contribution in [1.29, 1.82) is 0 Å². The van der Waals surface area contributed by atoms with E-state index >= 15 is 0 Å². The molecule has 6 nitrogen and oxygen atoms in total. The maximum absolute atomic E-state index is 13.2. The molecular formula is C21H23ClN4O2. The molecule has 0 radical (unpaired) electrons. The van der Waals surface area contributed by atoms with Gasteiger partial charge in [0.25, 0.3) is 5.91 Å². The molecule has 1 aromatic carbocycles. The maximum Gasteiger partial charge on any atom is 0.256 e. The minimum atomic E-state index is -0.319. The molecule has 0 unspecified atom stereocenters. The van der Waals surface area contributed by atoms with Crippen LogP contribution in [-0.2, 0) is 7.05 Å². The molecule has 1 saturated carbocycles. The minimum absolute atomic E-state index is 0.125. The van der Waals surface area contributed by atoms with Crippen LogP contribution in [0.15, 0.2) is 35.3 Å². The van der Waals surface area contributed by atoms with Crippen molar-refractivity contribution in [1.82, 2.24) is 20.1 Å². The monoisotopic (exact) mass is 398 g/mol. The van der Waals surface area contributed by atoms with Gasteiger partial charge in [0, 0.05) is 29.9 Å². The van der Waals surface area contributed by atoms with E-state index in [-0.39, 0.29) is 22.9 Å². The molecule has 0 spiro atoms. The third kappa shape index (κ3) is 3.56.